The molecule has 0 fully saturated rings. The molecule has 1 aromatic heterocycles. The van der Waals surface area contributed by atoms with Gasteiger partial charge in [-0.3, -0.25) is 24.3 Å². The molecule has 2 aromatic rings. The molecule has 1 heterocycles. The number of rotatable bonds is 4. The summed E-state index contributed by atoms with van der Waals surface area (Å²) in [7, 11) is 0. The standard InChI is InChI=1S/C14H12N2O4/c1-10-12(16(19)20)7-8-14(18)15(10)9-13(17)11-5-3-2-4-6-11/h2-8H,9H2,1H3. The second-order valence-corrected chi connectivity index (χ2v) is 4.27. The van der Waals surface area contributed by atoms with Crippen molar-refractivity contribution < 1.29 is 9.72 Å². The van der Waals surface area contributed by atoms with Gasteiger partial charge in [-0.25, -0.2) is 0 Å². The number of ketones is 1. The van der Waals surface area contributed by atoms with Crippen LogP contribution in [0.4, 0.5) is 5.69 Å². The van der Waals surface area contributed by atoms with Crippen LogP contribution in [0.15, 0.2) is 47.3 Å². The fourth-order valence-electron chi connectivity index (χ4n) is 1.91. The summed E-state index contributed by atoms with van der Waals surface area (Å²) in [6.45, 7) is 1.24. The van der Waals surface area contributed by atoms with Gasteiger partial charge >= 0.3 is 0 Å². The van der Waals surface area contributed by atoms with Crippen LogP contribution in [-0.2, 0) is 6.54 Å². The number of hydrogen-bond acceptors (Lipinski definition) is 4. The van der Waals surface area contributed by atoms with E-state index in [1.54, 1.807) is 30.3 Å². The Morgan fingerprint density at radius 1 is 1.20 bits per heavy atom. The lowest BCUT2D eigenvalue weighted by Gasteiger charge is -2.09. The Morgan fingerprint density at radius 2 is 1.85 bits per heavy atom. The van der Waals surface area contributed by atoms with Gasteiger partial charge in [0.1, 0.15) is 0 Å². The second kappa shape index (κ2) is 5.48. The third-order valence-corrected chi connectivity index (χ3v) is 3.02. The van der Waals surface area contributed by atoms with E-state index in [0.717, 1.165) is 16.7 Å². The summed E-state index contributed by atoms with van der Waals surface area (Å²) in [5.41, 5.74) is 0.0277. The number of benzene rings is 1. The molecule has 0 saturated carbocycles. The van der Waals surface area contributed by atoms with Crippen molar-refractivity contribution in [2.24, 2.45) is 0 Å². The third kappa shape index (κ3) is 2.64. The first-order chi connectivity index (χ1) is 9.50. The lowest BCUT2D eigenvalue weighted by Crippen LogP contribution is -2.26. The van der Waals surface area contributed by atoms with Crippen molar-refractivity contribution in [3.8, 4) is 0 Å². The highest BCUT2D eigenvalue weighted by molar-refractivity contribution is 5.95. The summed E-state index contributed by atoms with van der Waals surface area (Å²) in [5, 5.41) is 10.8. The molecule has 0 saturated heterocycles. The largest absolute Gasteiger partial charge is 0.299 e. The molecule has 20 heavy (non-hydrogen) atoms. The van der Waals surface area contributed by atoms with E-state index in [2.05, 4.69) is 0 Å². The highest BCUT2D eigenvalue weighted by Crippen LogP contribution is 2.15. The van der Waals surface area contributed by atoms with Crippen LogP contribution in [0.1, 0.15) is 16.1 Å². The van der Waals surface area contributed by atoms with Crippen molar-refractivity contribution in [2.75, 3.05) is 0 Å². The van der Waals surface area contributed by atoms with Crippen molar-refractivity contribution in [3.05, 3.63) is 74.2 Å². The van der Waals surface area contributed by atoms with Gasteiger partial charge in [-0.2, -0.15) is 0 Å². The quantitative estimate of drug-likeness (QED) is 0.484. The molecular weight excluding hydrogens is 260 g/mol. The van der Waals surface area contributed by atoms with Gasteiger partial charge in [-0.1, -0.05) is 30.3 Å². The van der Waals surface area contributed by atoms with Gasteiger partial charge in [0.2, 0.25) is 0 Å². The summed E-state index contributed by atoms with van der Waals surface area (Å²) in [5.74, 6) is -0.267. The lowest BCUT2D eigenvalue weighted by atomic mass is 10.1. The zero-order valence-electron chi connectivity index (χ0n) is 10.8. The van der Waals surface area contributed by atoms with Crippen LogP contribution in [-0.4, -0.2) is 15.3 Å². The maximum atomic E-state index is 12.1. The van der Waals surface area contributed by atoms with Gasteiger partial charge < -0.3 is 0 Å². The second-order valence-electron chi connectivity index (χ2n) is 4.27. The van der Waals surface area contributed by atoms with Crippen molar-refractivity contribution >= 4 is 11.5 Å². The summed E-state index contributed by atoms with van der Waals surface area (Å²) < 4.78 is 1.12. The number of carbonyl (C=O) groups is 1. The predicted molar refractivity (Wildman–Crippen MR) is 72.9 cm³/mol. The lowest BCUT2D eigenvalue weighted by molar-refractivity contribution is -0.386. The Morgan fingerprint density at radius 3 is 2.45 bits per heavy atom. The monoisotopic (exact) mass is 272 g/mol. The van der Waals surface area contributed by atoms with Crippen LogP contribution in [0, 0.1) is 17.0 Å². The maximum Gasteiger partial charge on any atom is 0.288 e. The zero-order chi connectivity index (χ0) is 14.7. The first-order valence-corrected chi connectivity index (χ1v) is 5.94. The minimum atomic E-state index is -0.571. The summed E-state index contributed by atoms with van der Waals surface area (Å²) in [4.78, 5) is 34.1. The van der Waals surface area contributed by atoms with E-state index in [1.165, 1.54) is 6.92 Å². The fourth-order valence-corrected chi connectivity index (χ4v) is 1.91. The van der Waals surface area contributed by atoms with Gasteiger partial charge in [-0.15, -0.1) is 0 Å². The van der Waals surface area contributed by atoms with E-state index in [0.29, 0.717) is 5.56 Å². The summed E-state index contributed by atoms with van der Waals surface area (Å²) in [6.07, 6.45) is 0. The first kappa shape index (κ1) is 13.7. The normalized spacial score (nSPS) is 10.2. The molecule has 0 radical (unpaired) electrons. The number of nitro groups is 1. The number of Topliss-reactive ketones (excluding diaryl/α,β-unsaturated/α-hetero) is 1. The first-order valence-electron chi connectivity index (χ1n) is 5.94. The molecule has 0 bridgehead atoms. The van der Waals surface area contributed by atoms with E-state index in [1.807, 2.05) is 0 Å². The van der Waals surface area contributed by atoms with Gasteiger partial charge in [0, 0.05) is 17.7 Å². The summed E-state index contributed by atoms with van der Waals surface area (Å²) in [6, 6.07) is 10.7. The highest BCUT2D eigenvalue weighted by Gasteiger charge is 2.17. The van der Waals surface area contributed by atoms with Crippen LogP contribution in [0.25, 0.3) is 0 Å². The van der Waals surface area contributed by atoms with E-state index in [4.69, 9.17) is 0 Å². The molecule has 0 N–H and O–H groups in total. The van der Waals surface area contributed by atoms with Crippen molar-refractivity contribution in [3.63, 3.8) is 0 Å². The molecule has 0 atom stereocenters. The molecule has 2 rings (SSSR count). The molecule has 6 heteroatoms. The average Bonchev–Trinajstić information content (AvgIpc) is 2.43. The van der Waals surface area contributed by atoms with Gasteiger partial charge in [0.15, 0.2) is 5.78 Å². The predicted octanol–water partition coefficient (Wildman–Crippen LogP) is 1.95. The van der Waals surface area contributed by atoms with Crippen molar-refractivity contribution in [2.45, 2.75) is 13.5 Å². The smallest absolute Gasteiger partial charge is 0.288 e. The minimum Gasteiger partial charge on any atom is -0.299 e. The van der Waals surface area contributed by atoms with Gasteiger partial charge in [0.05, 0.1) is 17.2 Å². The van der Waals surface area contributed by atoms with Gasteiger partial charge in [0.25, 0.3) is 11.2 Å². The number of aromatic nitrogens is 1. The molecule has 1 aromatic carbocycles. The van der Waals surface area contributed by atoms with Crippen LogP contribution < -0.4 is 5.56 Å². The number of carbonyl (C=O) groups excluding carboxylic acids is 1. The Bertz CT molecular complexity index is 720. The Kier molecular flexibility index (Phi) is 3.74. The third-order valence-electron chi connectivity index (χ3n) is 3.02. The molecular formula is C14H12N2O4. The number of nitrogens with zero attached hydrogens (tertiary/aromatic N) is 2. The van der Waals surface area contributed by atoms with E-state index in [-0.39, 0.29) is 23.7 Å². The molecule has 0 unspecified atom stereocenters. The van der Waals surface area contributed by atoms with Crippen LogP contribution in [0.3, 0.4) is 0 Å². The Hall–Kier alpha value is -2.76. The molecule has 0 amide bonds. The van der Waals surface area contributed by atoms with Crippen molar-refractivity contribution in [1.82, 2.24) is 4.57 Å². The molecule has 0 aliphatic heterocycles. The highest BCUT2D eigenvalue weighted by atomic mass is 16.6. The molecule has 0 spiro atoms. The Balaban J connectivity index is 2.39. The number of pyridine rings is 1. The van der Waals surface area contributed by atoms with E-state index < -0.39 is 10.5 Å². The van der Waals surface area contributed by atoms with Crippen LogP contribution >= 0.6 is 0 Å². The average molecular weight is 272 g/mol. The fraction of sp³-hybridized carbons (Fsp3) is 0.143. The minimum absolute atomic E-state index is 0.173. The molecule has 0 aliphatic carbocycles. The van der Waals surface area contributed by atoms with Crippen LogP contribution in [0.2, 0.25) is 0 Å². The summed E-state index contributed by atoms with van der Waals surface area (Å²) >= 11 is 0. The zero-order valence-corrected chi connectivity index (χ0v) is 10.8. The van der Waals surface area contributed by atoms with E-state index >= 15 is 0 Å². The topological polar surface area (TPSA) is 82.2 Å². The van der Waals surface area contributed by atoms with Crippen molar-refractivity contribution in [1.29, 1.82) is 0 Å². The van der Waals surface area contributed by atoms with Crippen LogP contribution in [0.5, 0.6) is 0 Å². The number of hydrogen-bond donors (Lipinski definition) is 0. The molecule has 102 valence electrons. The maximum absolute atomic E-state index is 12.1. The Labute approximate surface area is 114 Å². The SMILES string of the molecule is Cc1c([N+](=O)[O-])ccc(=O)n1CC(=O)c1ccccc1. The molecule has 0 aliphatic rings. The van der Waals surface area contributed by atoms with Gasteiger partial charge in [-0.05, 0) is 6.92 Å². The molecule has 6 nitrogen and oxygen atoms in total. The van der Waals surface area contributed by atoms with E-state index in [9.17, 15) is 19.7 Å².